The summed E-state index contributed by atoms with van der Waals surface area (Å²) in [5, 5.41) is 21.0. The smallest absolute Gasteiger partial charge is 0.335 e. The number of aliphatic hydroxyl groups excluding tert-OH is 1. The van der Waals surface area contributed by atoms with Gasteiger partial charge in [-0.25, -0.2) is 4.79 Å². The lowest BCUT2D eigenvalue weighted by molar-refractivity contribution is 0.0178. The molecule has 5 nitrogen and oxygen atoms in total. The summed E-state index contributed by atoms with van der Waals surface area (Å²) in [6.45, 7) is 5.84. The maximum Gasteiger partial charge on any atom is 0.335 e. The van der Waals surface area contributed by atoms with Crippen molar-refractivity contribution in [3.8, 4) is 5.75 Å². The molecule has 34 heavy (non-hydrogen) atoms. The lowest BCUT2D eigenvalue weighted by atomic mass is 9.68. The van der Waals surface area contributed by atoms with Gasteiger partial charge >= 0.3 is 5.97 Å². The van der Waals surface area contributed by atoms with Gasteiger partial charge in [0.2, 0.25) is 0 Å². The minimum atomic E-state index is -0.942. The summed E-state index contributed by atoms with van der Waals surface area (Å²) in [4.78, 5) is 14.1. The Morgan fingerprint density at radius 1 is 1.29 bits per heavy atom. The van der Waals surface area contributed by atoms with E-state index in [2.05, 4.69) is 23.6 Å². The normalized spacial score (nSPS) is 26.5. The molecule has 3 aliphatic rings. The number of nitrogens with zero attached hydrogens (tertiary/aromatic N) is 1. The number of halogens is 1. The number of fused-ring (bicyclic) bond motifs is 3. The molecule has 2 aromatic carbocycles. The number of aryl methyl sites for hydroxylation is 1. The van der Waals surface area contributed by atoms with Crippen LogP contribution in [0.1, 0.15) is 53.6 Å². The number of carboxylic acid groups (broad SMARTS) is 1. The van der Waals surface area contributed by atoms with E-state index in [1.807, 2.05) is 6.07 Å². The molecular formula is C28H32ClNO4. The molecule has 1 heterocycles. The number of hydrogen-bond donors (Lipinski definition) is 2. The molecule has 0 saturated heterocycles. The van der Waals surface area contributed by atoms with Gasteiger partial charge in [-0.15, -0.1) is 6.58 Å². The number of aliphatic hydroxyl groups is 1. The third kappa shape index (κ3) is 4.20. The second kappa shape index (κ2) is 9.27. The molecular weight excluding hydrogens is 450 g/mol. The molecule has 0 bridgehead atoms. The average molecular weight is 482 g/mol. The van der Waals surface area contributed by atoms with Gasteiger partial charge in [0.25, 0.3) is 0 Å². The Bertz CT molecular complexity index is 1100. The minimum Gasteiger partial charge on any atom is -0.490 e. The summed E-state index contributed by atoms with van der Waals surface area (Å²) in [6, 6.07) is 11.3. The molecule has 1 spiro atoms. The first-order valence-electron chi connectivity index (χ1n) is 12.2. The zero-order chi connectivity index (χ0) is 23.9. The largest absolute Gasteiger partial charge is 0.490 e. The van der Waals surface area contributed by atoms with Crippen molar-refractivity contribution < 1.29 is 19.7 Å². The first-order chi connectivity index (χ1) is 16.4. The van der Waals surface area contributed by atoms with E-state index in [4.69, 9.17) is 16.3 Å². The molecule has 0 aromatic heterocycles. The van der Waals surface area contributed by atoms with Crippen molar-refractivity contribution >= 4 is 23.3 Å². The number of aromatic carboxylic acids is 1. The summed E-state index contributed by atoms with van der Waals surface area (Å²) in [5.41, 5.74) is 3.47. The molecule has 4 atom stereocenters. The first-order valence-corrected chi connectivity index (χ1v) is 12.6. The van der Waals surface area contributed by atoms with Crippen molar-refractivity contribution in [2.45, 2.75) is 50.0 Å². The highest BCUT2D eigenvalue weighted by molar-refractivity contribution is 6.30. The summed E-state index contributed by atoms with van der Waals surface area (Å²) >= 11 is 6.32. The van der Waals surface area contributed by atoms with E-state index in [0.29, 0.717) is 18.9 Å². The Morgan fingerprint density at radius 3 is 2.88 bits per heavy atom. The highest BCUT2D eigenvalue weighted by Crippen LogP contribution is 2.46. The number of anilines is 1. The summed E-state index contributed by atoms with van der Waals surface area (Å²) < 4.78 is 6.41. The van der Waals surface area contributed by atoms with E-state index in [9.17, 15) is 15.0 Å². The molecule has 180 valence electrons. The number of rotatable bonds is 6. The molecule has 1 aliphatic heterocycles. The van der Waals surface area contributed by atoms with Crippen LogP contribution in [0.25, 0.3) is 0 Å². The Labute approximate surface area is 206 Å². The van der Waals surface area contributed by atoms with Gasteiger partial charge in [0, 0.05) is 23.5 Å². The van der Waals surface area contributed by atoms with Gasteiger partial charge in [-0.05, 0) is 91.8 Å². The third-order valence-electron chi connectivity index (χ3n) is 8.12. The van der Waals surface area contributed by atoms with Crippen LogP contribution in [0.4, 0.5) is 5.69 Å². The molecule has 0 radical (unpaired) electrons. The van der Waals surface area contributed by atoms with Crippen LogP contribution < -0.4 is 9.64 Å². The lowest BCUT2D eigenvalue weighted by Crippen LogP contribution is -2.49. The van der Waals surface area contributed by atoms with Crippen LogP contribution in [0.3, 0.4) is 0 Å². The Hall–Kier alpha value is -2.50. The Balaban J connectivity index is 1.52. The van der Waals surface area contributed by atoms with E-state index in [0.717, 1.165) is 61.7 Å². The second-order valence-electron chi connectivity index (χ2n) is 10.2. The van der Waals surface area contributed by atoms with Gasteiger partial charge in [0.05, 0.1) is 24.0 Å². The second-order valence-corrected chi connectivity index (χ2v) is 10.6. The molecule has 2 aromatic rings. The summed E-state index contributed by atoms with van der Waals surface area (Å²) in [5.74, 6) is 0.370. The van der Waals surface area contributed by atoms with Crippen molar-refractivity contribution in [3.05, 3.63) is 70.8 Å². The van der Waals surface area contributed by atoms with E-state index >= 15 is 0 Å². The third-order valence-corrected chi connectivity index (χ3v) is 8.35. The molecule has 0 amide bonds. The summed E-state index contributed by atoms with van der Waals surface area (Å²) in [6.07, 6.45) is 7.15. The van der Waals surface area contributed by atoms with Gasteiger partial charge in [-0.2, -0.15) is 0 Å². The van der Waals surface area contributed by atoms with Crippen LogP contribution in [0.5, 0.6) is 5.75 Å². The summed E-state index contributed by atoms with van der Waals surface area (Å²) in [7, 11) is 0. The zero-order valence-electron chi connectivity index (χ0n) is 19.4. The molecule has 2 aliphatic carbocycles. The fraction of sp³-hybridized carbons (Fsp3) is 0.464. The van der Waals surface area contributed by atoms with Gasteiger partial charge in [0.15, 0.2) is 0 Å². The fourth-order valence-corrected chi connectivity index (χ4v) is 6.40. The monoisotopic (exact) mass is 481 g/mol. The lowest BCUT2D eigenvalue weighted by Gasteiger charge is -2.45. The number of carbonyl (C=O) groups is 1. The van der Waals surface area contributed by atoms with Gasteiger partial charge in [-0.1, -0.05) is 23.7 Å². The van der Waals surface area contributed by atoms with E-state index in [-0.39, 0.29) is 23.0 Å². The van der Waals surface area contributed by atoms with Crippen LogP contribution in [-0.2, 0) is 11.8 Å². The predicted molar refractivity (Wildman–Crippen MR) is 134 cm³/mol. The minimum absolute atomic E-state index is 0.195. The van der Waals surface area contributed by atoms with Gasteiger partial charge < -0.3 is 19.8 Å². The highest BCUT2D eigenvalue weighted by atomic mass is 35.5. The molecule has 4 unspecified atom stereocenters. The quantitative estimate of drug-likeness (QED) is 0.535. The van der Waals surface area contributed by atoms with Crippen LogP contribution >= 0.6 is 11.6 Å². The number of carboxylic acids is 1. The number of ether oxygens (including phenoxy) is 1. The zero-order valence-corrected chi connectivity index (χ0v) is 20.1. The topological polar surface area (TPSA) is 70.0 Å². The van der Waals surface area contributed by atoms with Crippen molar-refractivity contribution in [3.63, 3.8) is 0 Å². The van der Waals surface area contributed by atoms with Crippen LogP contribution in [0.15, 0.2) is 49.1 Å². The molecule has 1 fully saturated rings. The standard InChI is InChI=1S/C28H32ClNO4/c1-2-4-25(31)22-9-6-20(22)15-30-16-28(12-3-5-18-13-21(29)8-10-23(18)28)17-34-26-11-7-19(27(32)33)14-24(26)30/h2,7-8,10-11,13-14,20,22,25,31H,1,3-6,9,12,15-17H2,(H,32,33). The number of hydrogen-bond acceptors (Lipinski definition) is 4. The highest BCUT2D eigenvalue weighted by Gasteiger charge is 2.44. The SMILES string of the molecule is C=CCC(O)C1CCC1CN1CC2(CCCc3cc(Cl)ccc32)COc2ccc(C(=O)O)cc21. The molecule has 1 saturated carbocycles. The van der Waals surface area contributed by atoms with Gasteiger partial charge in [-0.3, -0.25) is 0 Å². The van der Waals surface area contributed by atoms with Crippen LogP contribution in [0.2, 0.25) is 5.02 Å². The first kappa shape index (κ1) is 23.3. The predicted octanol–water partition coefficient (Wildman–Crippen LogP) is 5.47. The average Bonchev–Trinajstić information content (AvgIpc) is 2.94. The van der Waals surface area contributed by atoms with Crippen molar-refractivity contribution in [1.82, 2.24) is 0 Å². The molecule has 6 heteroatoms. The van der Waals surface area contributed by atoms with E-state index in [1.54, 1.807) is 24.3 Å². The number of benzene rings is 2. The van der Waals surface area contributed by atoms with Crippen LogP contribution in [0, 0.1) is 11.8 Å². The van der Waals surface area contributed by atoms with Crippen molar-refractivity contribution in [1.29, 1.82) is 0 Å². The van der Waals surface area contributed by atoms with E-state index in [1.165, 1.54) is 11.1 Å². The van der Waals surface area contributed by atoms with Crippen molar-refractivity contribution in [2.24, 2.45) is 11.8 Å². The molecule has 5 rings (SSSR count). The Morgan fingerprint density at radius 2 is 2.15 bits per heavy atom. The van der Waals surface area contributed by atoms with Gasteiger partial charge in [0.1, 0.15) is 5.75 Å². The van der Waals surface area contributed by atoms with E-state index < -0.39 is 5.97 Å². The van der Waals surface area contributed by atoms with Crippen LogP contribution in [-0.4, -0.2) is 42.0 Å². The fourth-order valence-electron chi connectivity index (χ4n) is 6.20. The maximum atomic E-state index is 11.8. The maximum absolute atomic E-state index is 11.8. The molecule has 2 N–H and O–H groups in total. The Kier molecular flexibility index (Phi) is 6.34. The van der Waals surface area contributed by atoms with Crippen molar-refractivity contribution in [2.75, 3.05) is 24.6 Å².